The first-order chi connectivity index (χ1) is 20.5. The van der Waals surface area contributed by atoms with Crippen LogP contribution in [0.15, 0.2) is 0 Å². The summed E-state index contributed by atoms with van der Waals surface area (Å²) in [6, 6.07) is 0. The average Bonchev–Trinajstić information content (AvgIpc) is 2.95. The summed E-state index contributed by atoms with van der Waals surface area (Å²) < 4.78 is 58.0. The summed E-state index contributed by atoms with van der Waals surface area (Å²) in [5, 5.41) is 0. The highest BCUT2D eigenvalue weighted by molar-refractivity contribution is 6.97. The lowest BCUT2D eigenvalue weighted by Crippen LogP contribution is -2.81. The zero-order valence-electron chi connectivity index (χ0n) is 31.5. The van der Waals surface area contributed by atoms with Crippen molar-refractivity contribution in [2.24, 2.45) is 0 Å². The molecular weight excluding hydrogens is 625 g/mol. The first-order valence-electron chi connectivity index (χ1n) is 17.8. The van der Waals surface area contributed by atoms with E-state index in [2.05, 4.69) is 111 Å². The standard InChI is InChI=1S/C32H72O8Si4/c1-17-21-33-29(13)41(25(5)6)37-42(26(7)8,30(14)34-22-18-2)39-44(28(11)12,32(16)36-24-20-4)40-43(38-41,27(9)10)31(15)35-23-19-3/h25-32H,17-24H2,1-16H3. The third-order valence-electron chi connectivity index (χ3n) is 9.05. The van der Waals surface area contributed by atoms with Crippen LogP contribution < -0.4 is 0 Å². The maximum atomic E-state index is 7.89. The number of hydrogen-bond donors (Lipinski definition) is 0. The zero-order valence-corrected chi connectivity index (χ0v) is 35.5. The molecule has 0 saturated carbocycles. The molecule has 8 nitrogen and oxygen atoms in total. The molecule has 0 N–H and O–H groups in total. The molecule has 1 aliphatic heterocycles. The van der Waals surface area contributed by atoms with E-state index < -0.39 is 34.2 Å². The SMILES string of the molecule is CCCOC(C)[Si]1(C(C)C)O[Si](C(C)C)(C(C)OCCC)O[Si](C(C)C)(C(C)OCCC)O[Si](C(C)C)(C(C)OCCC)O1. The summed E-state index contributed by atoms with van der Waals surface area (Å²) in [6.45, 7) is 37.6. The Morgan fingerprint density at radius 3 is 0.614 bits per heavy atom. The van der Waals surface area contributed by atoms with Gasteiger partial charge in [-0.3, -0.25) is 0 Å². The Kier molecular flexibility index (Phi) is 18.3. The van der Waals surface area contributed by atoms with Crippen LogP contribution in [-0.2, 0) is 35.4 Å². The second kappa shape index (κ2) is 18.9. The molecule has 1 fully saturated rings. The van der Waals surface area contributed by atoms with Crippen molar-refractivity contribution in [2.45, 2.75) is 182 Å². The molecule has 0 aromatic heterocycles. The highest BCUT2D eigenvalue weighted by Crippen LogP contribution is 2.50. The minimum absolute atomic E-state index is 0.0662. The van der Waals surface area contributed by atoms with E-state index in [1.807, 2.05) is 0 Å². The lowest BCUT2D eigenvalue weighted by atomic mass is 10.5. The summed E-state index contributed by atoms with van der Waals surface area (Å²) in [6.07, 6.45) is 3.67. The number of hydrogen-bond acceptors (Lipinski definition) is 8. The van der Waals surface area contributed by atoms with Crippen molar-refractivity contribution in [2.75, 3.05) is 26.4 Å². The fraction of sp³-hybridized carbons (Fsp3) is 1.00. The van der Waals surface area contributed by atoms with Crippen molar-refractivity contribution >= 4 is 34.2 Å². The monoisotopic (exact) mass is 696 g/mol. The van der Waals surface area contributed by atoms with Crippen molar-refractivity contribution < 1.29 is 35.4 Å². The van der Waals surface area contributed by atoms with E-state index in [1.165, 1.54) is 0 Å². The minimum atomic E-state index is -3.27. The highest BCUT2D eigenvalue weighted by Gasteiger charge is 2.71. The topological polar surface area (TPSA) is 73.8 Å². The van der Waals surface area contributed by atoms with Crippen molar-refractivity contribution in [3.8, 4) is 0 Å². The summed E-state index contributed by atoms with van der Waals surface area (Å²) >= 11 is 0. The Bertz CT molecular complexity index is 664. The van der Waals surface area contributed by atoms with Gasteiger partial charge in [0, 0.05) is 26.4 Å². The van der Waals surface area contributed by atoms with E-state index in [0.717, 1.165) is 25.7 Å². The quantitative estimate of drug-likeness (QED) is 0.117. The lowest BCUT2D eigenvalue weighted by Gasteiger charge is -2.60. The predicted molar refractivity (Wildman–Crippen MR) is 191 cm³/mol. The summed E-state index contributed by atoms with van der Waals surface area (Å²) in [7, 11) is -13.1. The molecule has 0 bridgehead atoms. The van der Waals surface area contributed by atoms with E-state index in [9.17, 15) is 0 Å². The third-order valence-corrected chi connectivity index (χ3v) is 30.9. The minimum Gasteiger partial charge on any atom is -0.412 e. The van der Waals surface area contributed by atoms with Gasteiger partial charge in [-0.1, -0.05) is 83.1 Å². The maximum Gasteiger partial charge on any atom is 0.352 e. The molecule has 44 heavy (non-hydrogen) atoms. The van der Waals surface area contributed by atoms with Gasteiger partial charge >= 0.3 is 34.2 Å². The van der Waals surface area contributed by atoms with Crippen LogP contribution in [0.25, 0.3) is 0 Å². The van der Waals surface area contributed by atoms with Crippen LogP contribution in [0.1, 0.15) is 136 Å². The molecule has 0 spiro atoms. The Morgan fingerprint density at radius 2 is 0.500 bits per heavy atom. The summed E-state index contributed by atoms with van der Waals surface area (Å²) in [4.78, 5) is 0. The van der Waals surface area contributed by atoms with Crippen LogP contribution in [0.4, 0.5) is 0 Å². The molecule has 1 rings (SSSR count). The van der Waals surface area contributed by atoms with Gasteiger partial charge in [-0.05, 0) is 75.5 Å². The number of rotatable bonds is 20. The Hall–Kier alpha value is 0.548. The third kappa shape index (κ3) is 9.37. The first kappa shape index (κ1) is 42.6. The molecule has 4 unspecified atom stereocenters. The summed E-state index contributed by atoms with van der Waals surface area (Å²) in [5.74, 6) is 0. The van der Waals surface area contributed by atoms with Gasteiger partial charge in [0.05, 0.1) is 22.9 Å². The molecule has 0 aliphatic carbocycles. The maximum absolute atomic E-state index is 7.89. The van der Waals surface area contributed by atoms with Crippen LogP contribution >= 0.6 is 0 Å². The van der Waals surface area contributed by atoms with Crippen molar-refractivity contribution in [3.05, 3.63) is 0 Å². The normalized spacial score (nSPS) is 31.4. The zero-order chi connectivity index (χ0) is 33.9. The van der Waals surface area contributed by atoms with Crippen molar-refractivity contribution in [3.63, 3.8) is 0 Å². The van der Waals surface area contributed by atoms with Gasteiger partial charge in [-0.2, -0.15) is 0 Å². The lowest BCUT2D eigenvalue weighted by molar-refractivity contribution is 0.0216. The van der Waals surface area contributed by atoms with Crippen molar-refractivity contribution in [1.82, 2.24) is 0 Å². The van der Waals surface area contributed by atoms with E-state index in [0.29, 0.717) is 26.4 Å². The van der Waals surface area contributed by atoms with Gasteiger partial charge in [-0.25, -0.2) is 0 Å². The van der Waals surface area contributed by atoms with Gasteiger partial charge in [0.2, 0.25) is 0 Å². The smallest absolute Gasteiger partial charge is 0.352 e. The van der Waals surface area contributed by atoms with Crippen LogP contribution in [0.3, 0.4) is 0 Å². The molecule has 264 valence electrons. The van der Waals surface area contributed by atoms with E-state index in [1.54, 1.807) is 0 Å². The summed E-state index contributed by atoms with van der Waals surface area (Å²) in [5.41, 5.74) is -0.718. The van der Waals surface area contributed by atoms with E-state index in [-0.39, 0.29) is 45.1 Å². The Balaban J connectivity index is 4.33. The second-order valence-electron chi connectivity index (χ2n) is 14.0. The van der Waals surface area contributed by atoms with E-state index in [4.69, 9.17) is 35.4 Å². The largest absolute Gasteiger partial charge is 0.412 e. The molecule has 1 aliphatic rings. The fourth-order valence-electron chi connectivity index (χ4n) is 6.21. The first-order valence-corrected chi connectivity index (χ1v) is 25.7. The highest BCUT2D eigenvalue weighted by atomic mass is 28.5. The van der Waals surface area contributed by atoms with Crippen LogP contribution in [0.5, 0.6) is 0 Å². The van der Waals surface area contributed by atoms with Crippen LogP contribution in [0, 0.1) is 0 Å². The number of ether oxygens (including phenoxy) is 4. The van der Waals surface area contributed by atoms with Crippen molar-refractivity contribution in [1.29, 1.82) is 0 Å². The van der Waals surface area contributed by atoms with Gasteiger partial charge in [-0.15, -0.1) is 0 Å². The fourth-order valence-corrected chi connectivity index (χ4v) is 34.4. The average molecular weight is 697 g/mol. The molecule has 1 heterocycles. The molecule has 1 saturated heterocycles. The molecule has 0 amide bonds. The van der Waals surface area contributed by atoms with E-state index >= 15 is 0 Å². The van der Waals surface area contributed by atoms with Crippen LogP contribution in [0.2, 0.25) is 22.2 Å². The Morgan fingerprint density at radius 1 is 0.341 bits per heavy atom. The molecule has 0 radical (unpaired) electrons. The molecule has 12 heteroatoms. The molecule has 0 aromatic rings. The van der Waals surface area contributed by atoms with Gasteiger partial charge in [0.25, 0.3) is 0 Å². The van der Waals surface area contributed by atoms with Gasteiger partial charge in [0.1, 0.15) is 0 Å². The molecule has 0 aromatic carbocycles. The van der Waals surface area contributed by atoms with Crippen LogP contribution in [-0.4, -0.2) is 83.6 Å². The molecular formula is C32H72O8Si4. The predicted octanol–water partition coefficient (Wildman–Crippen LogP) is 8.89. The Labute approximate surface area is 276 Å². The molecule has 4 atom stereocenters. The second-order valence-corrected chi connectivity index (χ2v) is 30.9. The van der Waals surface area contributed by atoms with Gasteiger partial charge < -0.3 is 35.4 Å². The van der Waals surface area contributed by atoms with Gasteiger partial charge in [0.15, 0.2) is 0 Å².